The average Bonchev–Trinajstić information content (AvgIpc) is 2.88. The highest BCUT2D eigenvalue weighted by Gasteiger charge is 2.34. The molecule has 1 saturated heterocycles. The van der Waals surface area contributed by atoms with Gasteiger partial charge in [-0.2, -0.15) is 4.31 Å². The second-order valence-electron chi connectivity index (χ2n) is 6.83. The quantitative estimate of drug-likeness (QED) is 0.790. The number of amides is 2. The maximum atomic E-state index is 12.9. The van der Waals surface area contributed by atoms with Crippen LogP contribution < -0.4 is 4.90 Å². The molecule has 136 valence electrons. The first-order chi connectivity index (χ1) is 11.7. The Bertz CT molecular complexity index is 811. The lowest BCUT2D eigenvalue weighted by molar-refractivity contribution is -0.134. The Morgan fingerprint density at radius 2 is 1.84 bits per heavy atom. The monoisotopic (exact) mass is 365 g/mol. The molecule has 3 rings (SSSR count). The molecular weight excluding hydrogens is 342 g/mol. The Morgan fingerprint density at radius 1 is 1.20 bits per heavy atom. The number of hydrogen-bond acceptors (Lipinski definition) is 4. The fourth-order valence-electron chi connectivity index (χ4n) is 3.46. The van der Waals surface area contributed by atoms with Crippen LogP contribution in [0, 0.1) is 5.92 Å². The van der Waals surface area contributed by atoms with Crippen molar-refractivity contribution >= 4 is 27.5 Å². The van der Waals surface area contributed by atoms with Crippen molar-refractivity contribution in [3.63, 3.8) is 0 Å². The van der Waals surface area contributed by atoms with Crippen LogP contribution in [0.4, 0.5) is 5.69 Å². The number of nitrogens with zero attached hydrogens (tertiary/aromatic N) is 3. The number of hydrogen-bond donors (Lipinski definition) is 0. The van der Waals surface area contributed by atoms with Crippen molar-refractivity contribution in [2.24, 2.45) is 5.92 Å². The van der Waals surface area contributed by atoms with Gasteiger partial charge in [0.2, 0.25) is 21.8 Å². The van der Waals surface area contributed by atoms with E-state index >= 15 is 0 Å². The van der Waals surface area contributed by atoms with Crippen LogP contribution in [-0.2, 0) is 26.0 Å². The molecule has 25 heavy (non-hydrogen) atoms. The molecular formula is C17H23N3O4S. The first-order valence-electron chi connectivity index (χ1n) is 8.32. The van der Waals surface area contributed by atoms with Gasteiger partial charge >= 0.3 is 0 Å². The smallest absolute Gasteiger partial charge is 0.243 e. The topological polar surface area (TPSA) is 78.0 Å². The average molecular weight is 365 g/mol. The summed E-state index contributed by atoms with van der Waals surface area (Å²) in [6.45, 7) is 0.672. The van der Waals surface area contributed by atoms with Crippen LogP contribution in [0.5, 0.6) is 0 Å². The molecule has 0 atom stereocenters. The highest BCUT2D eigenvalue weighted by Crippen LogP contribution is 2.32. The van der Waals surface area contributed by atoms with Crippen molar-refractivity contribution in [2.45, 2.75) is 24.2 Å². The molecule has 1 aromatic rings. The molecule has 0 aliphatic carbocycles. The molecule has 0 radical (unpaired) electrons. The molecule has 0 unspecified atom stereocenters. The number of fused-ring (bicyclic) bond motifs is 1. The number of carbonyl (C=O) groups is 2. The molecule has 2 aliphatic heterocycles. The fraction of sp³-hybridized carbons (Fsp3) is 0.529. The van der Waals surface area contributed by atoms with Crippen LogP contribution in [0.25, 0.3) is 0 Å². The minimum atomic E-state index is -3.61. The molecule has 2 amide bonds. The first kappa shape index (κ1) is 17.9. The van der Waals surface area contributed by atoms with Crippen LogP contribution in [0.15, 0.2) is 23.1 Å². The Morgan fingerprint density at radius 3 is 2.44 bits per heavy atom. The Hall–Kier alpha value is -1.93. The van der Waals surface area contributed by atoms with Crippen molar-refractivity contribution in [3.8, 4) is 0 Å². The van der Waals surface area contributed by atoms with Crippen LogP contribution >= 0.6 is 0 Å². The molecule has 0 saturated carbocycles. The summed E-state index contributed by atoms with van der Waals surface area (Å²) in [4.78, 5) is 27.1. The third-order valence-electron chi connectivity index (χ3n) is 5.01. The highest BCUT2D eigenvalue weighted by atomic mass is 32.2. The summed E-state index contributed by atoms with van der Waals surface area (Å²) in [7, 11) is 1.51. The number of carbonyl (C=O) groups excluding carboxylic acids is 2. The molecule has 0 bridgehead atoms. The van der Waals surface area contributed by atoms with E-state index in [1.165, 1.54) is 4.31 Å². The van der Waals surface area contributed by atoms with Crippen LogP contribution in [0.2, 0.25) is 0 Å². The maximum Gasteiger partial charge on any atom is 0.243 e. The normalized spacial score (nSPS) is 19.2. The van der Waals surface area contributed by atoms with Gasteiger partial charge in [-0.15, -0.1) is 0 Å². The van der Waals surface area contributed by atoms with E-state index in [-0.39, 0.29) is 29.0 Å². The van der Waals surface area contributed by atoms with Crippen molar-refractivity contribution in [1.29, 1.82) is 0 Å². The highest BCUT2D eigenvalue weighted by molar-refractivity contribution is 7.89. The number of piperidine rings is 1. The molecule has 8 heteroatoms. The molecule has 0 N–H and O–H groups in total. The van der Waals surface area contributed by atoms with Crippen molar-refractivity contribution < 1.29 is 18.0 Å². The van der Waals surface area contributed by atoms with E-state index in [4.69, 9.17) is 0 Å². The number of likely N-dealkylation sites (N-methyl/N-ethyl adjacent to an activating group) is 1. The Labute approximate surface area is 148 Å². The molecule has 7 nitrogen and oxygen atoms in total. The molecule has 1 fully saturated rings. The summed E-state index contributed by atoms with van der Waals surface area (Å²) in [5, 5.41) is 0. The van der Waals surface area contributed by atoms with Gasteiger partial charge in [-0.1, -0.05) is 0 Å². The third-order valence-corrected chi connectivity index (χ3v) is 6.90. The van der Waals surface area contributed by atoms with Gasteiger partial charge < -0.3 is 9.80 Å². The summed E-state index contributed by atoms with van der Waals surface area (Å²) >= 11 is 0. The minimum absolute atomic E-state index is 0.0347. The van der Waals surface area contributed by atoms with Gasteiger partial charge in [-0.25, -0.2) is 8.42 Å². The molecule has 0 aromatic heterocycles. The lowest BCUT2D eigenvalue weighted by atomic mass is 9.97. The molecule has 1 aromatic carbocycles. The first-order valence-corrected chi connectivity index (χ1v) is 9.76. The zero-order valence-corrected chi connectivity index (χ0v) is 15.5. The largest absolute Gasteiger partial charge is 0.349 e. The number of sulfonamides is 1. The minimum Gasteiger partial charge on any atom is -0.349 e. The zero-order valence-electron chi connectivity index (χ0n) is 14.7. The number of anilines is 1. The fourth-order valence-corrected chi connectivity index (χ4v) is 4.99. The van der Waals surface area contributed by atoms with Crippen molar-refractivity contribution in [3.05, 3.63) is 23.8 Å². The van der Waals surface area contributed by atoms with Crippen molar-refractivity contribution in [2.75, 3.05) is 39.1 Å². The lowest BCUT2D eigenvalue weighted by Crippen LogP contribution is -2.42. The van der Waals surface area contributed by atoms with E-state index in [1.807, 2.05) is 0 Å². The van der Waals surface area contributed by atoms with E-state index in [9.17, 15) is 18.0 Å². The maximum absolute atomic E-state index is 12.9. The molecule has 0 spiro atoms. The SMILES string of the molecule is CN(C)C(=O)C1CCN(S(=O)(=O)c2ccc3c(c2)CC(=O)N3C)CC1. The van der Waals surface area contributed by atoms with Crippen LogP contribution in [0.3, 0.4) is 0 Å². The summed E-state index contributed by atoms with van der Waals surface area (Å²) in [6.07, 6.45) is 1.29. The zero-order chi connectivity index (χ0) is 18.4. The third kappa shape index (κ3) is 3.16. The van der Waals surface area contributed by atoms with Crippen LogP contribution in [0.1, 0.15) is 18.4 Å². The second-order valence-corrected chi connectivity index (χ2v) is 8.77. The van der Waals surface area contributed by atoms with Gasteiger partial charge in [-0.3, -0.25) is 9.59 Å². The van der Waals surface area contributed by atoms with E-state index < -0.39 is 10.0 Å². The predicted molar refractivity (Wildman–Crippen MR) is 93.7 cm³/mol. The Balaban J connectivity index is 1.77. The van der Waals surface area contributed by atoms with Gasteiger partial charge in [0, 0.05) is 45.8 Å². The number of benzene rings is 1. The van der Waals surface area contributed by atoms with Gasteiger partial charge in [-0.05, 0) is 36.6 Å². The van der Waals surface area contributed by atoms with E-state index in [2.05, 4.69) is 0 Å². The summed E-state index contributed by atoms with van der Waals surface area (Å²) in [5.41, 5.74) is 1.51. The number of rotatable bonds is 3. The van der Waals surface area contributed by atoms with Gasteiger partial charge in [0.05, 0.1) is 11.3 Å². The lowest BCUT2D eigenvalue weighted by Gasteiger charge is -2.31. The van der Waals surface area contributed by atoms with Crippen LogP contribution in [-0.4, -0.2) is 63.7 Å². The van der Waals surface area contributed by atoms with Gasteiger partial charge in [0.1, 0.15) is 0 Å². The summed E-state index contributed by atoms with van der Waals surface area (Å²) in [6, 6.07) is 4.85. The molecule has 2 aliphatic rings. The van der Waals surface area contributed by atoms with Gasteiger partial charge in [0.25, 0.3) is 0 Å². The van der Waals surface area contributed by atoms with E-state index in [0.717, 1.165) is 11.3 Å². The standard InChI is InChI=1S/C17H23N3O4S/c1-18(2)17(22)12-6-8-20(9-7-12)25(23,24)14-4-5-15-13(10-14)11-16(21)19(15)3/h4-5,10,12H,6-9,11H2,1-3H3. The molecule has 2 heterocycles. The Kier molecular flexibility index (Phi) is 4.59. The van der Waals surface area contributed by atoms with Crippen molar-refractivity contribution in [1.82, 2.24) is 9.21 Å². The predicted octanol–water partition coefficient (Wildman–Crippen LogP) is 0.694. The summed E-state index contributed by atoms with van der Waals surface area (Å²) in [5.74, 6) is -0.101. The van der Waals surface area contributed by atoms with Gasteiger partial charge in [0.15, 0.2) is 0 Å². The van der Waals surface area contributed by atoms with E-state index in [0.29, 0.717) is 25.9 Å². The second kappa shape index (κ2) is 6.42. The van der Waals surface area contributed by atoms with E-state index in [1.54, 1.807) is 49.1 Å². The summed E-state index contributed by atoms with van der Waals surface area (Å²) < 4.78 is 27.2.